The molecule has 92 valence electrons. The number of likely N-dealkylation sites (N-methyl/N-ethyl adjacent to an activating group) is 1. The van der Waals surface area contributed by atoms with E-state index in [4.69, 9.17) is 0 Å². The van der Waals surface area contributed by atoms with Gasteiger partial charge in [-0.05, 0) is 43.0 Å². The van der Waals surface area contributed by atoms with Crippen LogP contribution >= 0.6 is 0 Å². The number of carbonyl (C=O) groups excluding carboxylic acids is 1. The van der Waals surface area contributed by atoms with Crippen LogP contribution in [0, 0.1) is 5.92 Å². The zero-order valence-corrected chi connectivity index (χ0v) is 10.2. The van der Waals surface area contributed by atoms with Gasteiger partial charge in [0.2, 0.25) is 5.91 Å². The van der Waals surface area contributed by atoms with Gasteiger partial charge in [0.15, 0.2) is 0 Å². The largest absolute Gasteiger partial charge is 0.340 e. The van der Waals surface area contributed by atoms with Gasteiger partial charge in [0.05, 0.1) is 6.54 Å². The van der Waals surface area contributed by atoms with Crippen LogP contribution in [0.4, 0.5) is 0 Å². The Bertz CT molecular complexity index is 362. The third-order valence-corrected chi connectivity index (χ3v) is 3.00. The Morgan fingerprint density at radius 2 is 2.18 bits per heavy atom. The Morgan fingerprint density at radius 3 is 2.82 bits per heavy atom. The molecule has 1 aliphatic rings. The fourth-order valence-corrected chi connectivity index (χ4v) is 1.69. The fraction of sp³-hybridized carbons (Fsp3) is 0.538. The molecule has 1 heterocycles. The first kappa shape index (κ1) is 12.0. The Labute approximate surface area is 102 Å². The van der Waals surface area contributed by atoms with E-state index in [9.17, 15) is 4.79 Å². The van der Waals surface area contributed by atoms with Gasteiger partial charge in [0.25, 0.3) is 0 Å². The van der Waals surface area contributed by atoms with E-state index in [0.717, 1.165) is 18.0 Å². The molecule has 1 aromatic rings. The molecule has 0 radical (unpaired) electrons. The van der Waals surface area contributed by atoms with Gasteiger partial charge in [0.1, 0.15) is 0 Å². The molecule has 0 aliphatic heterocycles. The molecule has 17 heavy (non-hydrogen) atoms. The van der Waals surface area contributed by atoms with Crippen molar-refractivity contribution in [2.45, 2.75) is 19.4 Å². The van der Waals surface area contributed by atoms with Crippen molar-refractivity contribution in [1.29, 1.82) is 0 Å². The van der Waals surface area contributed by atoms with Crippen molar-refractivity contribution < 1.29 is 4.79 Å². The van der Waals surface area contributed by atoms with E-state index < -0.39 is 0 Å². The number of carbonyl (C=O) groups is 1. The minimum absolute atomic E-state index is 0.141. The second-order valence-corrected chi connectivity index (χ2v) is 4.68. The van der Waals surface area contributed by atoms with Crippen LogP contribution < -0.4 is 5.32 Å². The number of amides is 1. The van der Waals surface area contributed by atoms with E-state index in [1.807, 2.05) is 19.2 Å². The van der Waals surface area contributed by atoms with Gasteiger partial charge >= 0.3 is 0 Å². The maximum Gasteiger partial charge on any atom is 0.236 e. The number of aromatic nitrogens is 1. The monoisotopic (exact) mass is 233 g/mol. The molecule has 2 rings (SSSR count). The number of rotatable bonds is 6. The standard InChI is InChI=1S/C13H19N3O/c1-16(10-12-4-6-14-7-5-12)13(17)9-15-8-11-2-3-11/h4-7,11,15H,2-3,8-10H2,1H3. The molecule has 4 heteroatoms. The Balaban J connectivity index is 1.70. The summed E-state index contributed by atoms with van der Waals surface area (Å²) in [4.78, 5) is 17.5. The second-order valence-electron chi connectivity index (χ2n) is 4.68. The van der Waals surface area contributed by atoms with Crippen LogP contribution in [0.25, 0.3) is 0 Å². The van der Waals surface area contributed by atoms with Crippen LogP contribution in [0.2, 0.25) is 0 Å². The lowest BCUT2D eigenvalue weighted by Crippen LogP contribution is -2.35. The van der Waals surface area contributed by atoms with Crippen molar-refractivity contribution in [3.05, 3.63) is 30.1 Å². The number of nitrogens with zero attached hydrogens (tertiary/aromatic N) is 2. The maximum atomic E-state index is 11.8. The van der Waals surface area contributed by atoms with Crippen LogP contribution in [-0.4, -0.2) is 35.9 Å². The molecule has 0 saturated heterocycles. The summed E-state index contributed by atoms with van der Waals surface area (Å²) >= 11 is 0. The molecular formula is C13H19N3O. The lowest BCUT2D eigenvalue weighted by molar-refractivity contribution is -0.129. The zero-order valence-electron chi connectivity index (χ0n) is 10.2. The summed E-state index contributed by atoms with van der Waals surface area (Å²) in [5.74, 6) is 0.954. The molecule has 1 saturated carbocycles. The minimum Gasteiger partial charge on any atom is -0.340 e. The summed E-state index contributed by atoms with van der Waals surface area (Å²) in [5, 5.41) is 3.21. The van der Waals surface area contributed by atoms with Gasteiger partial charge in [-0.15, -0.1) is 0 Å². The first-order valence-corrected chi connectivity index (χ1v) is 6.09. The van der Waals surface area contributed by atoms with E-state index in [2.05, 4.69) is 10.3 Å². The van der Waals surface area contributed by atoms with Gasteiger partial charge in [0, 0.05) is 26.0 Å². The second kappa shape index (κ2) is 5.77. The van der Waals surface area contributed by atoms with E-state index in [-0.39, 0.29) is 5.91 Å². The van der Waals surface area contributed by atoms with Crippen LogP contribution in [0.5, 0.6) is 0 Å². The molecule has 1 amide bonds. The van der Waals surface area contributed by atoms with Gasteiger partial charge in [-0.25, -0.2) is 0 Å². The van der Waals surface area contributed by atoms with Crippen LogP contribution in [0.15, 0.2) is 24.5 Å². The number of hydrogen-bond acceptors (Lipinski definition) is 3. The molecule has 0 aromatic carbocycles. The Morgan fingerprint density at radius 1 is 1.47 bits per heavy atom. The SMILES string of the molecule is CN(Cc1ccncc1)C(=O)CNCC1CC1. The summed E-state index contributed by atoms with van der Waals surface area (Å²) in [6, 6.07) is 3.86. The third-order valence-electron chi connectivity index (χ3n) is 3.00. The molecule has 0 spiro atoms. The van der Waals surface area contributed by atoms with Crippen molar-refractivity contribution in [3.8, 4) is 0 Å². The molecular weight excluding hydrogens is 214 g/mol. The van der Waals surface area contributed by atoms with E-state index >= 15 is 0 Å². The highest BCUT2D eigenvalue weighted by Crippen LogP contribution is 2.27. The van der Waals surface area contributed by atoms with Crippen LogP contribution in [0.1, 0.15) is 18.4 Å². The molecule has 1 aromatic heterocycles. The molecule has 4 nitrogen and oxygen atoms in total. The molecule has 0 atom stereocenters. The predicted octanol–water partition coefficient (Wildman–Crippen LogP) is 1.04. The average molecular weight is 233 g/mol. The van der Waals surface area contributed by atoms with Gasteiger partial charge < -0.3 is 10.2 Å². The topological polar surface area (TPSA) is 45.2 Å². The maximum absolute atomic E-state index is 11.8. The molecule has 1 aliphatic carbocycles. The van der Waals surface area contributed by atoms with Crippen molar-refractivity contribution in [2.24, 2.45) is 5.92 Å². The van der Waals surface area contributed by atoms with Crippen molar-refractivity contribution in [1.82, 2.24) is 15.2 Å². The highest BCUT2D eigenvalue weighted by atomic mass is 16.2. The van der Waals surface area contributed by atoms with Crippen molar-refractivity contribution in [3.63, 3.8) is 0 Å². The zero-order chi connectivity index (χ0) is 12.1. The quantitative estimate of drug-likeness (QED) is 0.798. The van der Waals surface area contributed by atoms with Gasteiger partial charge in [-0.3, -0.25) is 9.78 Å². The van der Waals surface area contributed by atoms with Crippen LogP contribution in [0.3, 0.4) is 0 Å². The lowest BCUT2D eigenvalue weighted by Gasteiger charge is -2.17. The molecule has 0 bridgehead atoms. The Hall–Kier alpha value is -1.42. The van der Waals surface area contributed by atoms with E-state index in [1.165, 1.54) is 12.8 Å². The smallest absolute Gasteiger partial charge is 0.236 e. The van der Waals surface area contributed by atoms with E-state index in [1.54, 1.807) is 17.3 Å². The first-order valence-electron chi connectivity index (χ1n) is 6.09. The van der Waals surface area contributed by atoms with Gasteiger partial charge in [-0.1, -0.05) is 0 Å². The predicted molar refractivity (Wildman–Crippen MR) is 66.3 cm³/mol. The highest BCUT2D eigenvalue weighted by molar-refractivity contribution is 5.77. The van der Waals surface area contributed by atoms with Crippen LogP contribution in [-0.2, 0) is 11.3 Å². The third kappa shape index (κ3) is 4.15. The lowest BCUT2D eigenvalue weighted by atomic mass is 10.2. The first-order chi connectivity index (χ1) is 8.25. The normalized spacial score (nSPS) is 14.6. The Kier molecular flexibility index (Phi) is 4.09. The summed E-state index contributed by atoms with van der Waals surface area (Å²) in [7, 11) is 1.83. The summed E-state index contributed by atoms with van der Waals surface area (Å²) in [6.45, 7) is 2.07. The average Bonchev–Trinajstić information content (AvgIpc) is 3.14. The minimum atomic E-state index is 0.141. The molecule has 0 unspecified atom stereocenters. The highest BCUT2D eigenvalue weighted by Gasteiger charge is 2.20. The van der Waals surface area contributed by atoms with E-state index in [0.29, 0.717) is 13.1 Å². The summed E-state index contributed by atoms with van der Waals surface area (Å²) in [5.41, 5.74) is 1.11. The number of hydrogen-bond donors (Lipinski definition) is 1. The molecule has 1 fully saturated rings. The molecule has 1 N–H and O–H groups in total. The summed E-state index contributed by atoms with van der Waals surface area (Å²) < 4.78 is 0. The van der Waals surface area contributed by atoms with Gasteiger partial charge in [-0.2, -0.15) is 0 Å². The fourth-order valence-electron chi connectivity index (χ4n) is 1.69. The summed E-state index contributed by atoms with van der Waals surface area (Å²) in [6.07, 6.45) is 6.13. The number of nitrogens with one attached hydrogen (secondary N) is 1. The number of pyridine rings is 1. The van der Waals surface area contributed by atoms with Crippen molar-refractivity contribution >= 4 is 5.91 Å². The van der Waals surface area contributed by atoms with Crippen molar-refractivity contribution in [2.75, 3.05) is 20.1 Å².